The highest BCUT2D eigenvalue weighted by Gasteiger charge is 2.15. The number of benzene rings is 1. The number of nitrogens with one attached hydrogen (secondary N) is 2. The van der Waals surface area contributed by atoms with Crippen LogP contribution in [0.3, 0.4) is 0 Å². The zero-order valence-electron chi connectivity index (χ0n) is 13.8. The van der Waals surface area contributed by atoms with Gasteiger partial charge in [0.05, 0.1) is 6.21 Å². The quantitative estimate of drug-likeness (QED) is 0.549. The summed E-state index contributed by atoms with van der Waals surface area (Å²) in [5.74, 6) is -0.126. The first-order chi connectivity index (χ1) is 11.6. The summed E-state index contributed by atoms with van der Waals surface area (Å²) in [4.78, 5) is 23.6. The van der Waals surface area contributed by atoms with Crippen LogP contribution in [-0.2, 0) is 9.59 Å². The molecule has 6 heteroatoms. The number of amides is 2. The molecule has 0 aliphatic heterocycles. The summed E-state index contributed by atoms with van der Waals surface area (Å²) in [5.41, 5.74) is 3.39. The highest BCUT2D eigenvalue weighted by Crippen LogP contribution is 2.17. The number of nitrogens with zero attached hydrogens (tertiary/aromatic N) is 1. The first kappa shape index (κ1) is 18.6. The second-order valence-electron chi connectivity index (χ2n) is 6.10. The maximum Gasteiger partial charge on any atom is 0.240 e. The zero-order chi connectivity index (χ0) is 17.2. The van der Waals surface area contributed by atoms with Gasteiger partial charge in [-0.05, 0) is 37.0 Å². The van der Waals surface area contributed by atoms with Gasteiger partial charge in [-0.2, -0.15) is 5.10 Å². The third-order valence-corrected chi connectivity index (χ3v) is 4.52. The summed E-state index contributed by atoms with van der Waals surface area (Å²) in [6.45, 7) is 0. The molecule has 5 nitrogen and oxygen atoms in total. The number of hydrazone groups is 1. The molecule has 2 rings (SSSR count). The predicted octanol–water partition coefficient (Wildman–Crippen LogP) is 3.52. The fourth-order valence-electron chi connectivity index (χ4n) is 2.78. The smallest absolute Gasteiger partial charge is 0.240 e. The SMILES string of the molecule is O=C(CCCC(=O)NC1CCCCC1)N/N=C\c1cccc(Br)c1. The summed E-state index contributed by atoms with van der Waals surface area (Å²) >= 11 is 3.38. The van der Waals surface area contributed by atoms with Crippen LogP contribution in [0.1, 0.15) is 56.9 Å². The Bertz CT molecular complexity index is 583. The fourth-order valence-corrected chi connectivity index (χ4v) is 3.19. The molecule has 1 aromatic rings. The van der Waals surface area contributed by atoms with E-state index < -0.39 is 0 Å². The molecule has 0 unspecified atom stereocenters. The topological polar surface area (TPSA) is 70.6 Å². The Kier molecular flexibility index (Phi) is 7.95. The van der Waals surface area contributed by atoms with Crippen molar-refractivity contribution < 1.29 is 9.59 Å². The van der Waals surface area contributed by atoms with Crippen LogP contribution >= 0.6 is 15.9 Å². The van der Waals surface area contributed by atoms with Crippen molar-refractivity contribution in [1.82, 2.24) is 10.7 Å². The minimum atomic E-state index is -0.174. The van der Waals surface area contributed by atoms with E-state index in [1.54, 1.807) is 6.21 Å². The van der Waals surface area contributed by atoms with Crippen LogP contribution in [0.4, 0.5) is 0 Å². The van der Waals surface area contributed by atoms with Gasteiger partial charge in [0.1, 0.15) is 0 Å². The molecule has 0 heterocycles. The minimum Gasteiger partial charge on any atom is -0.353 e. The van der Waals surface area contributed by atoms with Gasteiger partial charge in [-0.3, -0.25) is 9.59 Å². The van der Waals surface area contributed by atoms with Gasteiger partial charge in [0.2, 0.25) is 11.8 Å². The molecular weight excluding hydrogens is 370 g/mol. The first-order valence-corrected chi connectivity index (χ1v) is 9.29. The molecule has 1 fully saturated rings. The van der Waals surface area contributed by atoms with Crippen LogP contribution in [0.15, 0.2) is 33.8 Å². The molecule has 0 saturated heterocycles. The van der Waals surface area contributed by atoms with Crippen molar-refractivity contribution in [2.45, 2.75) is 57.4 Å². The molecule has 24 heavy (non-hydrogen) atoms. The average molecular weight is 394 g/mol. The molecule has 1 aliphatic rings. The lowest BCUT2D eigenvalue weighted by atomic mass is 9.95. The lowest BCUT2D eigenvalue weighted by Crippen LogP contribution is -2.36. The van der Waals surface area contributed by atoms with Crippen molar-refractivity contribution in [3.63, 3.8) is 0 Å². The van der Waals surface area contributed by atoms with Gasteiger partial charge in [-0.15, -0.1) is 0 Å². The number of carbonyl (C=O) groups is 2. The van der Waals surface area contributed by atoms with Crippen LogP contribution in [-0.4, -0.2) is 24.1 Å². The van der Waals surface area contributed by atoms with Gasteiger partial charge in [-0.1, -0.05) is 47.3 Å². The van der Waals surface area contributed by atoms with Crippen molar-refractivity contribution in [3.8, 4) is 0 Å². The summed E-state index contributed by atoms with van der Waals surface area (Å²) in [6.07, 6.45) is 8.65. The largest absolute Gasteiger partial charge is 0.353 e. The second-order valence-corrected chi connectivity index (χ2v) is 7.02. The lowest BCUT2D eigenvalue weighted by molar-refractivity contribution is -0.122. The molecule has 2 amide bonds. The molecule has 1 saturated carbocycles. The van der Waals surface area contributed by atoms with Gasteiger partial charge in [0.25, 0.3) is 0 Å². The Morgan fingerprint density at radius 3 is 2.67 bits per heavy atom. The van der Waals surface area contributed by atoms with Gasteiger partial charge < -0.3 is 5.32 Å². The molecular formula is C18H24BrN3O2. The maximum atomic E-state index is 11.8. The highest BCUT2D eigenvalue weighted by molar-refractivity contribution is 9.10. The van der Waals surface area contributed by atoms with E-state index in [-0.39, 0.29) is 11.8 Å². The van der Waals surface area contributed by atoms with Crippen molar-refractivity contribution >= 4 is 34.0 Å². The first-order valence-electron chi connectivity index (χ1n) is 8.50. The van der Waals surface area contributed by atoms with E-state index in [0.717, 1.165) is 22.9 Å². The highest BCUT2D eigenvalue weighted by atomic mass is 79.9. The molecule has 0 radical (unpaired) electrons. The standard InChI is InChI=1S/C18H24BrN3O2/c19-15-7-4-6-14(12-15)13-20-22-18(24)11-5-10-17(23)21-16-8-2-1-3-9-16/h4,6-7,12-13,16H,1-3,5,8-11H2,(H,21,23)(H,22,24)/b20-13-. The number of hydrogen-bond acceptors (Lipinski definition) is 3. The van der Waals surface area contributed by atoms with Crippen LogP contribution in [0, 0.1) is 0 Å². The van der Waals surface area contributed by atoms with Crippen LogP contribution < -0.4 is 10.7 Å². The van der Waals surface area contributed by atoms with E-state index in [1.165, 1.54) is 19.3 Å². The van der Waals surface area contributed by atoms with Crippen LogP contribution in [0.5, 0.6) is 0 Å². The zero-order valence-corrected chi connectivity index (χ0v) is 15.3. The number of halogens is 1. The van der Waals surface area contributed by atoms with Crippen LogP contribution in [0.2, 0.25) is 0 Å². The Morgan fingerprint density at radius 2 is 1.92 bits per heavy atom. The molecule has 0 atom stereocenters. The molecule has 130 valence electrons. The summed E-state index contributed by atoms with van der Waals surface area (Å²) < 4.78 is 0.960. The van der Waals surface area contributed by atoms with Crippen molar-refractivity contribution in [3.05, 3.63) is 34.3 Å². The average Bonchev–Trinajstić information content (AvgIpc) is 2.56. The molecule has 2 N–H and O–H groups in total. The molecule has 1 aliphatic carbocycles. The molecule has 0 spiro atoms. The number of rotatable bonds is 7. The van der Waals surface area contributed by atoms with E-state index in [2.05, 4.69) is 31.8 Å². The number of carbonyl (C=O) groups excluding carboxylic acids is 2. The van der Waals surface area contributed by atoms with Crippen molar-refractivity contribution in [2.24, 2.45) is 5.10 Å². The minimum absolute atomic E-state index is 0.0485. The third kappa shape index (κ3) is 7.25. The van der Waals surface area contributed by atoms with Crippen molar-refractivity contribution in [1.29, 1.82) is 0 Å². The molecule has 0 bridgehead atoms. The monoisotopic (exact) mass is 393 g/mol. The van der Waals surface area contributed by atoms with Gasteiger partial charge >= 0.3 is 0 Å². The Hall–Kier alpha value is -1.69. The van der Waals surface area contributed by atoms with Gasteiger partial charge in [0, 0.05) is 23.4 Å². The van der Waals surface area contributed by atoms with Gasteiger partial charge in [0.15, 0.2) is 0 Å². The predicted molar refractivity (Wildman–Crippen MR) is 98.7 cm³/mol. The van der Waals surface area contributed by atoms with Crippen molar-refractivity contribution in [2.75, 3.05) is 0 Å². The molecule has 0 aromatic heterocycles. The Morgan fingerprint density at radius 1 is 1.17 bits per heavy atom. The Labute approximate surface area is 151 Å². The normalized spacial score (nSPS) is 15.4. The van der Waals surface area contributed by atoms with E-state index in [9.17, 15) is 9.59 Å². The summed E-state index contributed by atoms with van der Waals surface area (Å²) in [6, 6.07) is 7.96. The van der Waals surface area contributed by atoms with Gasteiger partial charge in [-0.25, -0.2) is 5.43 Å². The third-order valence-electron chi connectivity index (χ3n) is 4.03. The van der Waals surface area contributed by atoms with Crippen LogP contribution in [0.25, 0.3) is 0 Å². The lowest BCUT2D eigenvalue weighted by Gasteiger charge is -2.22. The van der Waals surface area contributed by atoms with E-state index in [0.29, 0.717) is 25.3 Å². The van der Waals surface area contributed by atoms with E-state index in [4.69, 9.17) is 0 Å². The maximum absolute atomic E-state index is 11.8. The molecule has 1 aromatic carbocycles. The second kappa shape index (κ2) is 10.2. The Balaban J connectivity index is 1.59. The summed E-state index contributed by atoms with van der Waals surface area (Å²) in [7, 11) is 0. The van der Waals surface area contributed by atoms with E-state index >= 15 is 0 Å². The number of hydrogen-bond donors (Lipinski definition) is 2. The summed E-state index contributed by atoms with van der Waals surface area (Å²) in [5, 5.41) is 6.99. The van der Waals surface area contributed by atoms with E-state index in [1.807, 2.05) is 24.3 Å². The fraction of sp³-hybridized carbons (Fsp3) is 0.500.